The van der Waals surface area contributed by atoms with Gasteiger partial charge in [0.15, 0.2) is 0 Å². The zero-order chi connectivity index (χ0) is 30.6. The van der Waals surface area contributed by atoms with Crippen molar-refractivity contribution in [3.05, 3.63) is 90.5 Å². The molecule has 4 aromatic carbocycles. The molecule has 1 nitrogen and oxygen atoms in total. The van der Waals surface area contributed by atoms with Gasteiger partial charge in [-0.15, -0.1) is 0 Å². The van der Waals surface area contributed by atoms with Gasteiger partial charge < -0.3 is 4.57 Å². The second-order valence-electron chi connectivity index (χ2n) is 17.3. The largest absolute Gasteiger partial charge is 0.309 e. The van der Waals surface area contributed by atoms with Gasteiger partial charge in [0.05, 0.1) is 11.0 Å². The minimum atomic E-state index is 0.711. The van der Waals surface area contributed by atoms with Gasteiger partial charge in [-0.2, -0.15) is 0 Å². The Morgan fingerprint density at radius 3 is 1.85 bits per heavy atom. The van der Waals surface area contributed by atoms with Crippen LogP contribution in [0, 0.1) is 59.2 Å². The first-order valence-electron chi connectivity index (χ1n) is 19.8. The minimum absolute atomic E-state index is 0.711. The molecule has 0 saturated heterocycles. The first kappa shape index (κ1) is 27.8. The van der Waals surface area contributed by atoms with Gasteiger partial charge in [0.25, 0.3) is 0 Å². The Labute approximate surface area is 281 Å². The van der Waals surface area contributed by atoms with Crippen molar-refractivity contribution >= 4 is 32.6 Å². The molecule has 0 amide bonds. The lowest BCUT2D eigenvalue weighted by molar-refractivity contribution is -0.188. The van der Waals surface area contributed by atoms with E-state index < -0.39 is 0 Å². The first-order valence-corrected chi connectivity index (χ1v) is 19.8. The molecule has 0 bridgehead atoms. The maximum Gasteiger partial charge on any atom is 0.0619 e. The van der Waals surface area contributed by atoms with E-state index in [0.717, 1.165) is 59.2 Å². The first-order chi connectivity index (χ1) is 23.3. The van der Waals surface area contributed by atoms with Crippen LogP contribution in [-0.2, 0) is 0 Å². The number of rotatable bonds is 2. The van der Waals surface area contributed by atoms with Crippen LogP contribution in [0.15, 0.2) is 84.9 Å². The second kappa shape index (κ2) is 10.7. The van der Waals surface area contributed by atoms with Gasteiger partial charge in [-0.3, -0.25) is 0 Å². The molecule has 6 fully saturated rings. The quantitative estimate of drug-likeness (QED) is 0.186. The van der Waals surface area contributed by atoms with E-state index in [1.165, 1.54) is 76.8 Å². The number of aromatic nitrogens is 1. The molecule has 1 heteroatoms. The Morgan fingerprint density at radius 2 is 1.09 bits per heavy atom. The molecule has 0 spiro atoms. The molecule has 11 rings (SSSR count). The monoisotopic (exact) mass is 617 g/mol. The third-order valence-electron chi connectivity index (χ3n) is 15.8. The predicted octanol–water partition coefficient (Wildman–Crippen LogP) is 12.3. The van der Waals surface area contributed by atoms with Crippen molar-refractivity contribution in [1.29, 1.82) is 0 Å². The molecular formula is C46H51N. The number of para-hydroxylation sites is 1. The zero-order valence-electron chi connectivity index (χ0n) is 28.1. The summed E-state index contributed by atoms with van der Waals surface area (Å²) in [5, 5.41) is 5.41. The van der Waals surface area contributed by atoms with Crippen LogP contribution < -0.4 is 0 Å². The van der Waals surface area contributed by atoms with Crippen molar-refractivity contribution in [1.82, 2.24) is 4.57 Å². The number of nitrogens with zero attached hydrogens (tertiary/aromatic N) is 1. The molecule has 0 radical (unpaired) electrons. The van der Waals surface area contributed by atoms with Gasteiger partial charge in [0, 0.05) is 21.8 Å². The van der Waals surface area contributed by atoms with Crippen molar-refractivity contribution in [2.24, 2.45) is 59.2 Å². The van der Waals surface area contributed by atoms with Crippen molar-refractivity contribution < 1.29 is 0 Å². The summed E-state index contributed by atoms with van der Waals surface area (Å²) in [5.74, 6) is 11.3. The lowest BCUT2D eigenvalue weighted by atomic mass is 9.37. The molecule has 5 aromatic rings. The average molecular weight is 618 g/mol. The third-order valence-corrected chi connectivity index (χ3v) is 15.8. The van der Waals surface area contributed by atoms with Crippen LogP contribution in [0.3, 0.4) is 0 Å². The van der Waals surface area contributed by atoms with E-state index in [0.29, 0.717) is 5.92 Å². The highest BCUT2D eigenvalue weighted by Gasteiger charge is 2.62. The van der Waals surface area contributed by atoms with Gasteiger partial charge in [0.2, 0.25) is 0 Å². The topological polar surface area (TPSA) is 4.93 Å². The van der Waals surface area contributed by atoms with Crippen LogP contribution in [0.4, 0.5) is 0 Å². The van der Waals surface area contributed by atoms with Crippen molar-refractivity contribution in [2.45, 2.75) is 89.4 Å². The maximum absolute atomic E-state index is 2.61. The number of benzene rings is 4. The second-order valence-corrected chi connectivity index (χ2v) is 17.3. The molecule has 11 atom stereocenters. The summed E-state index contributed by atoms with van der Waals surface area (Å²) in [5.41, 5.74) is 5.65. The third kappa shape index (κ3) is 4.01. The number of hydrogen-bond donors (Lipinski definition) is 0. The molecule has 6 saturated carbocycles. The smallest absolute Gasteiger partial charge is 0.0619 e. The Morgan fingerprint density at radius 1 is 0.447 bits per heavy atom. The molecule has 0 N–H and O–H groups in total. The van der Waals surface area contributed by atoms with Crippen LogP contribution in [0.25, 0.3) is 38.3 Å². The van der Waals surface area contributed by atoms with E-state index in [1.807, 2.05) is 0 Å². The molecule has 240 valence electrons. The highest BCUT2D eigenvalue weighted by molar-refractivity contribution is 6.18. The molecule has 6 aliphatic carbocycles. The fourth-order valence-electron chi connectivity index (χ4n) is 14.4. The van der Waals surface area contributed by atoms with Crippen LogP contribution in [0.2, 0.25) is 0 Å². The normalized spacial score (nSPS) is 37.7. The Bertz CT molecular complexity index is 1980. The lowest BCUT2D eigenvalue weighted by Crippen LogP contribution is -2.61. The van der Waals surface area contributed by atoms with E-state index in [-0.39, 0.29) is 0 Å². The Hall–Kier alpha value is -3.06. The van der Waals surface area contributed by atoms with E-state index in [2.05, 4.69) is 89.5 Å². The minimum Gasteiger partial charge on any atom is -0.309 e. The fraction of sp³-hybridized carbons (Fsp3) is 0.522. The predicted molar refractivity (Wildman–Crippen MR) is 196 cm³/mol. The molecule has 1 heterocycles. The van der Waals surface area contributed by atoms with Gasteiger partial charge in [0.1, 0.15) is 0 Å². The van der Waals surface area contributed by atoms with Crippen LogP contribution >= 0.6 is 0 Å². The SMILES string of the molecule is c1cc(C2CCC3C(C2)C2CCCC4C5CCCCC5C5CCCC3C5C42)cc(-n2c3ccccc3c3ccc4ccccc4c32)c1. The van der Waals surface area contributed by atoms with E-state index >= 15 is 0 Å². The molecule has 47 heavy (non-hydrogen) atoms. The Kier molecular flexibility index (Phi) is 6.35. The van der Waals surface area contributed by atoms with Crippen LogP contribution in [-0.4, -0.2) is 4.57 Å². The summed E-state index contributed by atoms with van der Waals surface area (Å²) < 4.78 is 2.59. The summed E-state index contributed by atoms with van der Waals surface area (Å²) in [7, 11) is 0. The standard InChI is InChI=1S/C46H51N/c1-2-13-32-28(10-1)22-25-41-36-16-5-6-21-43(36)47(46(32)41)31-12-7-11-29(26-31)30-23-24-35-39-19-8-17-37-33-14-3-4-15-34(33)38-18-9-20-40(42(35)27-30)45(38)44(37)39/h1-2,5-7,10-13,16,21-22,25-26,30,33-35,37-40,42,44-45H,3-4,8-9,14-15,17-20,23-24,27H2. The van der Waals surface area contributed by atoms with Gasteiger partial charge in [-0.25, -0.2) is 0 Å². The van der Waals surface area contributed by atoms with Gasteiger partial charge in [-0.05, 0) is 152 Å². The molecular weight excluding hydrogens is 567 g/mol. The van der Waals surface area contributed by atoms with E-state index in [9.17, 15) is 0 Å². The van der Waals surface area contributed by atoms with Crippen LogP contribution in [0.5, 0.6) is 0 Å². The van der Waals surface area contributed by atoms with E-state index in [1.54, 1.807) is 50.5 Å². The number of hydrogen-bond acceptors (Lipinski definition) is 0. The van der Waals surface area contributed by atoms with Gasteiger partial charge >= 0.3 is 0 Å². The lowest BCUT2D eigenvalue weighted by Gasteiger charge is -2.67. The van der Waals surface area contributed by atoms with Crippen molar-refractivity contribution in [3.8, 4) is 5.69 Å². The molecule has 1 aromatic heterocycles. The maximum atomic E-state index is 2.61. The fourth-order valence-corrected chi connectivity index (χ4v) is 14.4. The summed E-state index contributed by atoms with van der Waals surface area (Å²) in [4.78, 5) is 0. The van der Waals surface area contributed by atoms with Gasteiger partial charge in [-0.1, -0.05) is 92.4 Å². The summed E-state index contributed by atoms with van der Waals surface area (Å²) in [6, 6.07) is 32.6. The zero-order valence-corrected chi connectivity index (χ0v) is 28.1. The Balaban J connectivity index is 0.978. The highest BCUT2D eigenvalue weighted by atomic mass is 15.0. The summed E-state index contributed by atoms with van der Waals surface area (Å²) in [6.45, 7) is 0. The number of fused-ring (bicyclic) bond motifs is 11. The van der Waals surface area contributed by atoms with E-state index in [4.69, 9.17) is 0 Å². The average Bonchev–Trinajstić information content (AvgIpc) is 3.49. The van der Waals surface area contributed by atoms with Crippen molar-refractivity contribution in [3.63, 3.8) is 0 Å². The van der Waals surface area contributed by atoms with Crippen LogP contribution in [0.1, 0.15) is 95.0 Å². The molecule has 0 aliphatic heterocycles. The highest BCUT2D eigenvalue weighted by Crippen LogP contribution is 2.69. The van der Waals surface area contributed by atoms with Crippen molar-refractivity contribution in [2.75, 3.05) is 0 Å². The molecule has 11 unspecified atom stereocenters. The summed E-state index contributed by atoms with van der Waals surface area (Å²) in [6.07, 6.45) is 19.9. The summed E-state index contributed by atoms with van der Waals surface area (Å²) >= 11 is 0. The molecule has 6 aliphatic rings.